The highest BCUT2D eigenvalue weighted by molar-refractivity contribution is 6.31. The third kappa shape index (κ3) is 4.80. The van der Waals surface area contributed by atoms with Crippen molar-refractivity contribution < 1.29 is 14.4 Å². The summed E-state index contributed by atoms with van der Waals surface area (Å²) in [5.74, 6) is 0.105. The van der Waals surface area contributed by atoms with Crippen molar-refractivity contribution in [3.8, 4) is 5.69 Å². The van der Waals surface area contributed by atoms with Gasteiger partial charge < -0.3 is 15.1 Å². The van der Waals surface area contributed by atoms with Crippen LogP contribution < -0.4 is 5.32 Å². The van der Waals surface area contributed by atoms with Gasteiger partial charge in [0.2, 0.25) is 11.8 Å². The van der Waals surface area contributed by atoms with Crippen molar-refractivity contribution in [3.05, 3.63) is 46.2 Å². The summed E-state index contributed by atoms with van der Waals surface area (Å²) < 4.78 is 1.80. The summed E-state index contributed by atoms with van der Waals surface area (Å²) in [6.45, 7) is 5.92. The van der Waals surface area contributed by atoms with Gasteiger partial charge in [-0.05, 0) is 37.5 Å². The fraction of sp³-hybridized carbons (Fsp3) is 0.478. The molecule has 1 saturated carbocycles. The Labute approximate surface area is 192 Å². The first-order valence-corrected chi connectivity index (χ1v) is 11.4. The molecule has 0 atom stereocenters. The zero-order chi connectivity index (χ0) is 22.8. The van der Waals surface area contributed by atoms with E-state index >= 15 is 0 Å². The number of piperazine rings is 1. The van der Waals surface area contributed by atoms with Crippen LogP contribution in [0.3, 0.4) is 0 Å². The summed E-state index contributed by atoms with van der Waals surface area (Å²) >= 11 is 6.29. The molecule has 4 rings (SSSR count). The first kappa shape index (κ1) is 22.3. The van der Waals surface area contributed by atoms with Crippen LogP contribution in [0.2, 0.25) is 5.02 Å². The number of hydrogen-bond donors (Lipinski definition) is 1. The van der Waals surface area contributed by atoms with Crippen molar-refractivity contribution in [3.63, 3.8) is 0 Å². The molecule has 1 aromatic heterocycles. The highest BCUT2D eigenvalue weighted by atomic mass is 35.5. The number of benzene rings is 1. The third-order valence-corrected chi connectivity index (χ3v) is 6.52. The minimum absolute atomic E-state index is 0.0130. The van der Waals surface area contributed by atoms with E-state index < -0.39 is 0 Å². The first-order chi connectivity index (χ1) is 15.3. The van der Waals surface area contributed by atoms with Crippen LogP contribution in [-0.4, -0.2) is 70.0 Å². The highest BCUT2D eigenvalue weighted by Crippen LogP contribution is 2.42. The quantitative estimate of drug-likeness (QED) is 0.722. The molecule has 1 aromatic carbocycles. The standard InChI is InChI=1S/C23H28ClN5O3/c1-15-3-6-18(13-20(15)24)29-22(17-4-5-17)19(14-26-29)23(32)25-8-7-21(31)28-11-9-27(10-12-28)16(2)30/h3,6,13-14,17H,4-5,7-12H2,1-2H3,(H,25,32). The summed E-state index contributed by atoms with van der Waals surface area (Å²) in [5, 5.41) is 8.00. The Morgan fingerprint density at radius 3 is 2.44 bits per heavy atom. The van der Waals surface area contributed by atoms with Crippen LogP contribution in [-0.2, 0) is 9.59 Å². The minimum Gasteiger partial charge on any atom is -0.351 e. The van der Waals surface area contributed by atoms with Crippen molar-refractivity contribution in [2.45, 2.75) is 39.0 Å². The third-order valence-electron chi connectivity index (χ3n) is 6.12. The molecule has 9 heteroatoms. The molecule has 32 heavy (non-hydrogen) atoms. The second-order valence-electron chi connectivity index (χ2n) is 8.46. The van der Waals surface area contributed by atoms with Crippen molar-refractivity contribution in [2.75, 3.05) is 32.7 Å². The molecule has 1 saturated heterocycles. The Morgan fingerprint density at radius 2 is 1.81 bits per heavy atom. The average molecular weight is 458 g/mol. The Morgan fingerprint density at radius 1 is 1.12 bits per heavy atom. The van der Waals surface area contributed by atoms with Gasteiger partial charge in [-0.1, -0.05) is 17.7 Å². The second-order valence-corrected chi connectivity index (χ2v) is 8.86. The van der Waals surface area contributed by atoms with E-state index in [0.717, 1.165) is 29.8 Å². The maximum Gasteiger partial charge on any atom is 0.254 e. The van der Waals surface area contributed by atoms with E-state index in [4.69, 9.17) is 11.6 Å². The molecule has 2 fully saturated rings. The van der Waals surface area contributed by atoms with Gasteiger partial charge in [-0.25, -0.2) is 4.68 Å². The topological polar surface area (TPSA) is 87.5 Å². The molecule has 0 spiro atoms. The van der Waals surface area contributed by atoms with Crippen LogP contribution >= 0.6 is 11.6 Å². The van der Waals surface area contributed by atoms with Crippen molar-refractivity contribution in [1.82, 2.24) is 24.9 Å². The molecule has 2 aliphatic rings. The molecule has 1 aliphatic carbocycles. The molecule has 0 unspecified atom stereocenters. The van der Waals surface area contributed by atoms with Crippen LogP contribution in [0.25, 0.3) is 5.69 Å². The van der Waals surface area contributed by atoms with E-state index in [1.807, 2.05) is 25.1 Å². The lowest BCUT2D eigenvalue weighted by Gasteiger charge is -2.34. The van der Waals surface area contributed by atoms with Crippen molar-refractivity contribution >= 4 is 29.3 Å². The normalized spacial score (nSPS) is 16.2. The zero-order valence-corrected chi connectivity index (χ0v) is 19.2. The number of amides is 3. The Hall–Kier alpha value is -2.87. The van der Waals surface area contributed by atoms with Gasteiger partial charge in [0.15, 0.2) is 0 Å². The summed E-state index contributed by atoms with van der Waals surface area (Å²) in [5.41, 5.74) is 3.27. The Kier molecular flexibility index (Phi) is 6.50. The monoisotopic (exact) mass is 457 g/mol. The smallest absolute Gasteiger partial charge is 0.254 e. The molecule has 2 aromatic rings. The summed E-state index contributed by atoms with van der Waals surface area (Å²) in [7, 11) is 0. The van der Waals surface area contributed by atoms with Gasteiger partial charge in [-0.2, -0.15) is 5.10 Å². The molecule has 0 radical (unpaired) electrons. The lowest BCUT2D eigenvalue weighted by molar-refractivity contribution is -0.138. The molecular weight excluding hydrogens is 430 g/mol. The first-order valence-electron chi connectivity index (χ1n) is 11.0. The summed E-state index contributed by atoms with van der Waals surface area (Å²) in [6, 6.07) is 5.76. The summed E-state index contributed by atoms with van der Waals surface area (Å²) in [6.07, 6.45) is 3.87. The molecule has 1 aliphatic heterocycles. The second kappa shape index (κ2) is 9.32. The predicted octanol–water partition coefficient (Wildman–Crippen LogP) is 2.52. The van der Waals surface area contributed by atoms with Crippen LogP contribution in [0.5, 0.6) is 0 Å². The number of hydrogen-bond acceptors (Lipinski definition) is 4. The van der Waals surface area contributed by atoms with E-state index in [1.54, 1.807) is 27.6 Å². The van der Waals surface area contributed by atoms with Crippen LogP contribution in [0.4, 0.5) is 0 Å². The molecule has 1 N–H and O–H groups in total. The van der Waals surface area contributed by atoms with E-state index in [2.05, 4.69) is 10.4 Å². The Bertz CT molecular complexity index is 1040. The van der Waals surface area contributed by atoms with Gasteiger partial charge in [0.05, 0.1) is 23.1 Å². The SMILES string of the molecule is CC(=O)N1CCN(C(=O)CCNC(=O)c2cnn(-c3ccc(C)c(Cl)c3)c2C2CC2)CC1. The van der Waals surface area contributed by atoms with Gasteiger partial charge >= 0.3 is 0 Å². The number of rotatable bonds is 6. The summed E-state index contributed by atoms with van der Waals surface area (Å²) in [4.78, 5) is 40.3. The number of carbonyl (C=O) groups excluding carboxylic acids is 3. The van der Waals surface area contributed by atoms with E-state index in [-0.39, 0.29) is 30.7 Å². The maximum atomic E-state index is 12.9. The van der Waals surface area contributed by atoms with Gasteiger partial charge in [0.1, 0.15) is 0 Å². The number of carbonyl (C=O) groups is 3. The van der Waals surface area contributed by atoms with Crippen LogP contribution in [0, 0.1) is 6.92 Å². The van der Waals surface area contributed by atoms with E-state index in [9.17, 15) is 14.4 Å². The lowest BCUT2D eigenvalue weighted by atomic mass is 10.1. The van der Waals surface area contributed by atoms with Gasteiger partial charge in [-0.15, -0.1) is 0 Å². The molecule has 2 heterocycles. The number of nitrogens with one attached hydrogen (secondary N) is 1. The van der Waals surface area contributed by atoms with Gasteiger partial charge in [0, 0.05) is 57.0 Å². The van der Waals surface area contributed by atoms with Crippen LogP contribution in [0.15, 0.2) is 24.4 Å². The number of aromatic nitrogens is 2. The van der Waals surface area contributed by atoms with Crippen LogP contribution in [0.1, 0.15) is 53.7 Å². The van der Waals surface area contributed by atoms with Crippen molar-refractivity contribution in [2.24, 2.45) is 0 Å². The molecule has 3 amide bonds. The molecular formula is C23H28ClN5O3. The number of nitrogens with zero attached hydrogens (tertiary/aromatic N) is 4. The van der Waals surface area contributed by atoms with Crippen molar-refractivity contribution in [1.29, 1.82) is 0 Å². The fourth-order valence-electron chi connectivity index (χ4n) is 4.01. The highest BCUT2D eigenvalue weighted by Gasteiger charge is 2.33. The number of aryl methyl sites for hydroxylation is 1. The predicted molar refractivity (Wildman–Crippen MR) is 121 cm³/mol. The Balaban J connectivity index is 1.37. The number of halogens is 1. The molecule has 170 valence electrons. The molecule has 0 bridgehead atoms. The molecule has 8 nitrogen and oxygen atoms in total. The zero-order valence-electron chi connectivity index (χ0n) is 18.4. The minimum atomic E-state index is -0.217. The maximum absolute atomic E-state index is 12.9. The average Bonchev–Trinajstić information content (AvgIpc) is 3.53. The lowest BCUT2D eigenvalue weighted by Crippen LogP contribution is -2.50. The van der Waals surface area contributed by atoms with Gasteiger partial charge in [0.25, 0.3) is 5.91 Å². The van der Waals surface area contributed by atoms with E-state index in [1.165, 1.54) is 0 Å². The van der Waals surface area contributed by atoms with E-state index in [0.29, 0.717) is 42.7 Å². The largest absolute Gasteiger partial charge is 0.351 e. The fourth-order valence-corrected chi connectivity index (χ4v) is 4.18. The van der Waals surface area contributed by atoms with Gasteiger partial charge in [-0.3, -0.25) is 14.4 Å².